The van der Waals surface area contributed by atoms with Crippen molar-refractivity contribution >= 4 is 0 Å². The topological polar surface area (TPSA) is 94.3 Å². The Bertz CT molecular complexity index is 1170. The monoisotopic (exact) mass is 417 g/mol. The quantitative estimate of drug-likeness (QED) is 0.448. The lowest BCUT2D eigenvalue weighted by molar-refractivity contribution is 0.592. The third kappa shape index (κ3) is 4.47. The minimum atomic E-state index is 0.0748. The molecule has 0 aliphatic heterocycles. The van der Waals surface area contributed by atoms with E-state index in [1.807, 2.05) is 39.6 Å². The van der Waals surface area contributed by atoms with Crippen LogP contribution in [0.4, 0.5) is 0 Å². The standard InChI is InChI=1S/C23H27N7O/c1-3-5-14-29-16-19(7-4-2)30(23(29)31)15-17-9-11-18(12-10-17)21-20(8-6-13-24-21)22-25-27-28-26-22/h6,8-13,16H,3-5,7,14-15H2,1-2H3,(H,25,26,27,28). The maximum atomic E-state index is 12.9. The molecule has 0 saturated carbocycles. The van der Waals surface area contributed by atoms with Crippen LogP contribution in [0.5, 0.6) is 0 Å². The van der Waals surface area contributed by atoms with E-state index in [4.69, 9.17) is 0 Å². The van der Waals surface area contributed by atoms with Crippen LogP contribution < -0.4 is 5.69 Å². The van der Waals surface area contributed by atoms with Gasteiger partial charge in [0, 0.05) is 35.8 Å². The van der Waals surface area contributed by atoms with E-state index in [9.17, 15) is 4.79 Å². The van der Waals surface area contributed by atoms with Crippen LogP contribution in [-0.2, 0) is 19.5 Å². The minimum Gasteiger partial charge on any atom is -0.299 e. The molecule has 0 unspecified atom stereocenters. The second kappa shape index (κ2) is 9.51. The van der Waals surface area contributed by atoms with E-state index in [1.165, 1.54) is 0 Å². The molecule has 31 heavy (non-hydrogen) atoms. The summed E-state index contributed by atoms with van der Waals surface area (Å²) in [4.78, 5) is 17.5. The van der Waals surface area contributed by atoms with Crippen LogP contribution in [0.3, 0.4) is 0 Å². The number of aromatic amines is 1. The molecule has 160 valence electrons. The highest BCUT2D eigenvalue weighted by Gasteiger charge is 2.13. The lowest BCUT2D eigenvalue weighted by Gasteiger charge is -2.09. The molecular formula is C23H27N7O. The van der Waals surface area contributed by atoms with E-state index in [-0.39, 0.29) is 5.69 Å². The summed E-state index contributed by atoms with van der Waals surface area (Å²) in [5.41, 5.74) is 4.87. The zero-order valence-corrected chi connectivity index (χ0v) is 18.0. The van der Waals surface area contributed by atoms with Gasteiger partial charge < -0.3 is 0 Å². The highest BCUT2D eigenvalue weighted by atomic mass is 16.1. The second-order valence-electron chi connectivity index (χ2n) is 7.63. The van der Waals surface area contributed by atoms with Gasteiger partial charge in [-0.3, -0.25) is 14.1 Å². The number of imidazole rings is 1. The van der Waals surface area contributed by atoms with Gasteiger partial charge in [0.05, 0.1) is 12.2 Å². The van der Waals surface area contributed by atoms with Crippen molar-refractivity contribution in [2.45, 2.75) is 52.6 Å². The number of benzene rings is 1. The summed E-state index contributed by atoms with van der Waals surface area (Å²) in [6, 6.07) is 12.0. The maximum absolute atomic E-state index is 12.9. The molecule has 4 aromatic rings. The van der Waals surface area contributed by atoms with Gasteiger partial charge in [0.1, 0.15) is 0 Å². The molecule has 1 N–H and O–H groups in total. The van der Waals surface area contributed by atoms with Crippen molar-refractivity contribution in [3.05, 3.63) is 70.5 Å². The number of pyridine rings is 1. The first-order valence-electron chi connectivity index (χ1n) is 10.8. The highest BCUT2D eigenvalue weighted by Crippen LogP contribution is 2.27. The molecule has 8 nitrogen and oxygen atoms in total. The summed E-state index contributed by atoms with van der Waals surface area (Å²) in [7, 11) is 0. The van der Waals surface area contributed by atoms with Crippen molar-refractivity contribution in [3.63, 3.8) is 0 Å². The Balaban J connectivity index is 1.61. The molecule has 3 heterocycles. The summed E-state index contributed by atoms with van der Waals surface area (Å²) >= 11 is 0. The smallest absolute Gasteiger partial charge is 0.299 e. The largest absolute Gasteiger partial charge is 0.328 e. The Hall–Kier alpha value is -3.55. The Morgan fingerprint density at radius 1 is 1.06 bits per heavy atom. The molecular weight excluding hydrogens is 390 g/mol. The number of nitrogens with one attached hydrogen (secondary N) is 1. The van der Waals surface area contributed by atoms with Crippen molar-refractivity contribution in [2.24, 2.45) is 0 Å². The molecule has 1 aromatic carbocycles. The first kappa shape index (κ1) is 20.7. The highest BCUT2D eigenvalue weighted by molar-refractivity contribution is 5.76. The third-order valence-electron chi connectivity index (χ3n) is 5.36. The number of unbranched alkanes of at least 4 members (excludes halogenated alkanes) is 1. The molecule has 8 heteroatoms. The average molecular weight is 418 g/mol. The lowest BCUT2D eigenvalue weighted by Crippen LogP contribution is -2.25. The molecule has 0 atom stereocenters. The number of rotatable bonds is 9. The zero-order chi connectivity index (χ0) is 21.6. The fourth-order valence-corrected chi connectivity index (χ4v) is 3.75. The maximum Gasteiger partial charge on any atom is 0.328 e. The van der Waals surface area contributed by atoms with Crippen molar-refractivity contribution in [3.8, 4) is 22.6 Å². The van der Waals surface area contributed by atoms with Crippen LogP contribution in [0.2, 0.25) is 0 Å². The average Bonchev–Trinajstić information content (AvgIpc) is 3.43. The van der Waals surface area contributed by atoms with Crippen molar-refractivity contribution in [1.29, 1.82) is 0 Å². The summed E-state index contributed by atoms with van der Waals surface area (Å²) in [5, 5.41) is 14.1. The Morgan fingerprint density at radius 2 is 1.90 bits per heavy atom. The number of H-pyrrole nitrogens is 1. The fraction of sp³-hybridized carbons (Fsp3) is 0.348. The Kier molecular flexibility index (Phi) is 6.35. The summed E-state index contributed by atoms with van der Waals surface area (Å²) in [6.45, 7) is 5.62. The number of hydrogen-bond donors (Lipinski definition) is 1. The van der Waals surface area contributed by atoms with Crippen LogP contribution in [0, 0.1) is 0 Å². The van der Waals surface area contributed by atoms with Gasteiger partial charge in [0.25, 0.3) is 0 Å². The molecule has 3 aromatic heterocycles. The molecule has 0 amide bonds. The van der Waals surface area contributed by atoms with E-state index < -0.39 is 0 Å². The number of nitrogens with zero attached hydrogens (tertiary/aromatic N) is 6. The van der Waals surface area contributed by atoms with Crippen LogP contribution >= 0.6 is 0 Å². The molecule has 0 fully saturated rings. The summed E-state index contributed by atoms with van der Waals surface area (Å²) in [5.74, 6) is 0.580. The van der Waals surface area contributed by atoms with Gasteiger partial charge in [0.2, 0.25) is 0 Å². The van der Waals surface area contributed by atoms with Crippen molar-refractivity contribution in [2.75, 3.05) is 0 Å². The van der Waals surface area contributed by atoms with Crippen molar-refractivity contribution < 1.29 is 0 Å². The Morgan fingerprint density at radius 3 is 2.61 bits per heavy atom. The number of aryl methyl sites for hydroxylation is 2. The van der Waals surface area contributed by atoms with E-state index in [0.29, 0.717) is 12.4 Å². The number of hydrogen-bond acceptors (Lipinski definition) is 5. The SMILES string of the molecule is CCCCn1cc(CCC)n(Cc2ccc(-c3ncccc3-c3nnn[nH]3)cc2)c1=O. The first-order chi connectivity index (χ1) is 15.2. The molecule has 4 rings (SSSR count). The lowest BCUT2D eigenvalue weighted by atomic mass is 10.0. The number of aromatic nitrogens is 7. The van der Waals surface area contributed by atoms with E-state index in [1.54, 1.807) is 6.20 Å². The van der Waals surface area contributed by atoms with Gasteiger partial charge in [-0.15, -0.1) is 5.10 Å². The van der Waals surface area contributed by atoms with Crippen LogP contribution in [0.15, 0.2) is 53.6 Å². The molecule has 0 aliphatic rings. The van der Waals surface area contributed by atoms with Gasteiger partial charge in [-0.25, -0.2) is 9.89 Å². The molecule has 0 saturated heterocycles. The van der Waals surface area contributed by atoms with E-state index in [0.717, 1.165) is 60.3 Å². The molecule has 0 aliphatic carbocycles. The third-order valence-corrected chi connectivity index (χ3v) is 5.36. The van der Waals surface area contributed by atoms with Gasteiger partial charge in [-0.1, -0.05) is 51.0 Å². The van der Waals surface area contributed by atoms with Crippen LogP contribution in [0.1, 0.15) is 44.4 Å². The van der Waals surface area contributed by atoms with Gasteiger partial charge in [-0.2, -0.15) is 0 Å². The van der Waals surface area contributed by atoms with Crippen LogP contribution in [-0.4, -0.2) is 34.7 Å². The normalized spacial score (nSPS) is 11.2. The van der Waals surface area contributed by atoms with E-state index >= 15 is 0 Å². The van der Waals surface area contributed by atoms with E-state index in [2.05, 4.69) is 51.6 Å². The fourth-order valence-electron chi connectivity index (χ4n) is 3.75. The number of tetrazole rings is 1. The first-order valence-corrected chi connectivity index (χ1v) is 10.8. The predicted molar refractivity (Wildman–Crippen MR) is 120 cm³/mol. The molecule has 0 spiro atoms. The molecule has 0 bridgehead atoms. The summed E-state index contributed by atoms with van der Waals surface area (Å²) in [6.07, 6.45) is 7.77. The van der Waals surface area contributed by atoms with Gasteiger partial charge in [0.15, 0.2) is 5.82 Å². The van der Waals surface area contributed by atoms with Gasteiger partial charge in [-0.05, 0) is 41.0 Å². The zero-order valence-electron chi connectivity index (χ0n) is 18.0. The Labute approximate surface area is 181 Å². The molecule has 0 radical (unpaired) electrons. The second-order valence-corrected chi connectivity index (χ2v) is 7.63. The van der Waals surface area contributed by atoms with Gasteiger partial charge >= 0.3 is 5.69 Å². The van der Waals surface area contributed by atoms with Crippen LogP contribution in [0.25, 0.3) is 22.6 Å². The minimum absolute atomic E-state index is 0.0748. The van der Waals surface area contributed by atoms with Crippen molar-refractivity contribution in [1.82, 2.24) is 34.7 Å². The summed E-state index contributed by atoms with van der Waals surface area (Å²) < 4.78 is 3.76. The predicted octanol–water partition coefficient (Wildman–Crippen LogP) is 3.69.